The lowest BCUT2D eigenvalue weighted by molar-refractivity contribution is 0.0951. The standard InChI is InChI=1S/C25H20N4O4/c1-31-17-7-5-6-15(12-17)24(30)28-29-25-19(23-26-20-8-3-4-9-21(20)27-23)14-16-13-18(32-2)10-11-22(16)33-25/h3-14H,1-2H3,(H,26,27)(H,28,30). The molecule has 8 heteroatoms. The van der Waals surface area contributed by atoms with E-state index in [0.717, 1.165) is 16.4 Å². The van der Waals surface area contributed by atoms with E-state index in [0.29, 0.717) is 34.0 Å². The van der Waals surface area contributed by atoms with Crippen LogP contribution in [0.4, 0.5) is 0 Å². The smallest absolute Gasteiger partial charge is 0.271 e. The van der Waals surface area contributed by atoms with Crippen molar-refractivity contribution < 1.29 is 18.7 Å². The van der Waals surface area contributed by atoms with Crippen molar-refractivity contribution in [2.75, 3.05) is 14.2 Å². The number of aromatic nitrogens is 2. The number of aromatic amines is 1. The zero-order valence-corrected chi connectivity index (χ0v) is 18.0. The van der Waals surface area contributed by atoms with Crippen LogP contribution in [0, 0.1) is 0 Å². The van der Waals surface area contributed by atoms with Crippen molar-refractivity contribution in [1.29, 1.82) is 0 Å². The van der Waals surface area contributed by atoms with E-state index in [4.69, 9.17) is 13.9 Å². The number of hydrogen-bond donors (Lipinski definition) is 2. The summed E-state index contributed by atoms with van der Waals surface area (Å²) in [5, 5.41) is 5.09. The van der Waals surface area contributed by atoms with Crippen LogP contribution in [0.15, 0.2) is 82.3 Å². The zero-order valence-electron chi connectivity index (χ0n) is 18.0. The number of nitrogens with one attached hydrogen (secondary N) is 2. The van der Waals surface area contributed by atoms with Gasteiger partial charge in [0.15, 0.2) is 0 Å². The summed E-state index contributed by atoms with van der Waals surface area (Å²) in [7, 11) is 3.15. The van der Waals surface area contributed by atoms with Crippen LogP contribution < -0.4 is 20.5 Å². The highest BCUT2D eigenvalue weighted by Crippen LogP contribution is 2.24. The molecule has 8 nitrogen and oxygen atoms in total. The molecular weight excluding hydrogens is 420 g/mol. The number of carbonyl (C=O) groups is 1. The Morgan fingerprint density at radius 1 is 0.970 bits per heavy atom. The van der Waals surface area contributed by atoms with E-state index in [9.17, 15) is 4.79 Å². The summed E-state index contributed by atoms with van der Waals surface area (Å²) in [6, 6.07) is 21.9. The summed E-state index contributed by atoms with van der Waals surface area (Å²) in [6.07, 6.45) is 0. The Balaban J connectivity index is 1.62. The lowest BCUT2D eigenvalue weighted by Gasteiger charge is -2.06. The molecule has 0 atom stereocenters. The molecule has 2 N–H and O–H groups in total. The van der Waals surface area contributed by atoms with Crippen LogP contribution in [0.1, 0.15) is 10.4 Å². The first-order valence-corrected chi connectivity index (χ1v) is 10.2. The molecule has 0 aliphatic rings. The normalized spacial score (nSPS) is 11.6. The zero-order chi connectivity index (χ0) is 22.8. The molecule has 2 aromatic heterocycles. The summed E-state index contributed by atoms with van der Waals surface area (Å²) in [5.74, 6) is 1.45. The van der Waals surface area contributed by atoms with Crippen molar-refractivity contribution >= 4 is 27.9 Å². The number of hydrogen-bond acceptors (Lipinski definition) is 6. The molecule has 0 fully saturated rings. The van der Waals surface area contributed by atoms with Crippen LogP contribution in [0.5, 0.6) is 11.5 Å². The minimum absolute atomic E-state index is 0.211. The van der Waals surface area contributed by atoms with E-state index in [-0.39, 0.29) is 5.55 Å². The fraction of sp³-hybridized carbons (Fsp3) is 0.0800. The molecule has 5 rings (SSSR count). The van der Waals surface area contributed by atoms with Gasteiger partial charge in [-0.2, -0.15) is 0 Å². The molecule has 2 heterocycles. The summed E-state index contributed by atoms with van der Waals surface area (Å²) in [5.41, 5.74) is 6.06. The number of ether oxygens (including phenoxy) is 2. The molecule has 0 aliphatic heterocycles. The number of fused-ring (bicyclic) bond motifs is 2. The number of amides is 1. The summed E-state index contributed by atoms with van der Waals surface area (Å²) in [6.45, 7) is 0. The second-order valence-electron chi connectivity index (χ2n) is 7.26. The van der Waals surface area contributed by atoms with Gasteiger partial charge >= 0.3 is 0 Å². The van der Waals surface area contributed by atoms with E-state index in [2.05, 4.69) is 20.5 Å². The Labute approximate surface area is 188 Å². The van der Waals surface area contributed by atoms with Gasteiger partial charge in [-0.25, -0.2) is 10.4 Å². The first-order chi connectivity index (χ1) is 16.1. The average molecular weight is 440 g/mol. The summed E-state index contributed by atoms with van der Waals surface area (Å²) >= 11 is 0. The second-order valence-corrected chi connectivity index (χ2v) is 7.26. The maximum atomic E-state index is 12.7. The molecule has 164 valence electrons. The van der Waals surface area contributed by atoms with Crippen LogP contribution in [-0.4, -0.2) is 30.1 Å². The molecule has 0 saturated heterocycles. The lowest BCUT2D eigenvalue weighted by atomic mass is 10.1. The Kier molecular flexibility index (Phi) is 5.24. The molecule has 5 aromatic rings. The molecule has 0 unspecified atom stereocenters. The highest BCUT2D eigenvalue weighted by Gasteiger charge is 2.13. The van der Waals surface area contributed by atoms with Crippen LogP contribution in [0.2, 0.25) is 0 Å². The van der Waals surface area contributed by atoms with E-state index in [1.54, 1.807) is 50.6 Å². The predicted octanol–water partition coefficient (Wildman–Crippen LogP) is 4.24. The van der Waals surface area contributed by atoms with Gasteiger partial charge in [-0.3, -0.25) is 4.79 Å². The molecule has 3 aromatic carbocycles. The van der Waals surface area contributed by atoms with Crippen molar-refractivity contribution in [2.24, 2.45) is 5.10 Å². The maximum Gasteiger partial charge on any atom is 0.271 e. The van der Waals surface area contributed by atoms with Crippen molar-refractivity contribution in [3.8, 4) is 22.9 Å². The lowest BCUT2D eigenvalue weighted by Crippen LogP contribution is -2.22. The molecular formula is C25H20N4O4. The van der Waals surface area contributed by atoms with Crippen molar-refractivity contribution in [1.82, 2.24) is 15.4 Å². The predicted molar refractivity (Wildman–Crippen MR) is 124 cm³/mol. The number of H-pyrrole nitrogens is 1. The van der Waals surface area contributed by atoms with Gasteiger partial charge in [0.25, 0.3) is 5.91 Å². The number of para-hydroxylation sites is 2. The van der Waals surface area contributed by atoms with Crippen molar-refractivity contribution in [3.05, 3.63) is 83.9 Å². The van der Waals surface area contributed by atoms with Gasteiger partial charge in [-0.15, -0.1) is 5.10 Å². The number of benzene rings is 3. The Morgan fingerprint density at radius 2 is 1.79 bits per heavy atom. The van der Waals surface area contributed by atoms with Gasteiger partial charge in [0.05, 0.1) is 30.8 Å². The van der Waals surface area contributed by atoms with Crippen LogP contribution >= 0.6 is 0 Å². The molecule has 0 radical (unpaired) electrons. The molecule has 1 amide bonds. The van der Waals surface area contributed by atoms with E-state index in [1.165, 1.54) is 0 Å². The number of carbonyl (C=O) groups excluding carboxylic acids is 1. The minimum atomic E-state index is -0.394. The number of methoxy groups -OCH3 is 2. The van der Waals surface area contributed by atoms with Gasteiger partial charge in [-0.1, -0.05) is 18.2 Å². The summed E-state index contributed by atoms with van der Waals surface area (Å²) < 4.78 is 16.6. The average Bonchev–Trinajstić information content (AvgIpc) is 3.30. The molecule has 0 spiro atoms. The molecule has 0 aliphatic carbocycles. The number of imidazole rings is 1. The van der Waals surface area contributed by atoms with Crippen molar-refractivity contribution in [3.63, 3.8) is 0 Å². The Hall–Kier alpha value is -4.59. The van der Waals surface area contributed by atoms with Crippen LogP contribution in [-0.2, 0) is 0 Å². The molecule has 33 heavy (non-hydrogen) atoms. The van der Waals surface area contributed by atoms with Crippen LogP contribution in [0.25, 0.3) is 33.4 Å². The van der Waals surface area contributed by atoms with Gasteiger partial charge in [-0.05, 0) is 54.6 Å². The third-order valence-electron chi connectivity index (χ3n) is 5.19. The highest BCUT2D eigenvalue weighted by molar-refractivity contribution is 5.94. The van der Waals surface area contributed by atoms with E-state index >= 15 is 0 Å². The minimum Gasteiger partial charge on any atom is -0.497 e. The van der Waals surface area contributed by atoms with Gasteiger partial charge in [0, 0.05) is 10.9 Å². The Morgan fingerprint density at radius 3 is 2.61 bits per heavy atom. The quantitative estimate of drug-likeness (QED) is 0.398. The number of nitrogens with zero attached hydrogens (tertiary/aromatic N) is 2. The fourth-order valence-corrected chi connectivity index (χ4v) is 3.50. The highest BCUT2D eigenvalue weighted by atomic mass is 16.5. The topological polar surface area (TPSA) is 102 Å². The largest absolute Gasteiger partial charge is 0.497 e. The first-order valence-electron chi connectivity index (χ1n) is 10.2. The molecule has 0 bridgehead atoms. The number of rotatable bonds is 5. The maximum absolute atomic E-state index is 12.7. The van der Waals surface area contributed by atoms with Gasteiger partial charge < -0.3 is 18.9 Å². The second kappa shape index (κ2) is 8.51. The SMILES string of the molecule is COc1cccc(C(=O)NN=c2oc3ccc(OC)cc3cc2-c2nc3ccccc3[nH]2)c1. The van der Waals surface area contributed by atoms with Crippen molar-refractivity contribution in [2.45, 2.75) is 0 Å². The third kappa shape index (κ3) is 4.01. The first kappa shape index (κ1) is 20.3. The van der Waals surface area contributed by atoms with Gasteiger partial charge in [0.1, 0.15) is 22.9 Å². The van der Waals surface area contributed by atoms with Gasteiger partial charge in [0.2, 0.25) is 5.55 Å². The van der Waals surface area contributed by atoms with E-state index in [1.807, 2.05) is 36.4 Å². The summed E-state index contributed by atoms with van der Waals surface area (Å²) in [4.78, 5) is 20.6. The third-order valence-corrected chi connectivity index (χ3v) is 5.19. The fourth-order valence-electron chi connectivity index (χ4n) is 3.50. The Bertz CT molecular complexity index is 1520. The molecule has 0 saturated carbocycles. The monoisotopic (exact) mass is 440 g/mol. The van der Waals surface area contributed by atoms with E-state index < -0.39 is 5.91 Å². The van der Waals surface area contributed by atoms with Crippen LogP contribution in [0.3, 0.4) is 0 Å².